The third-order valence-corrected chi connectivity index (χ3v) is 5.84. The highest BCUT2D eigenvalue weighted by Crippen LogP contribution is 2.47. The number of rotatable bonds is 4. The normalized spacial score (nSPS) is 11.6. The summed E-state index contributed by atoms with van der Waals surface area (Å²) >= 11 is 1.44. The summed E-state index contributed by atoms with van der Waals surface area (Å²) in [7, 11) is 0. The second-order valence-corrected chi connectivity index (χ2v) is 7.51. The van der Waals surface area contributed by atoms with Crippen LogP contribution < -0.4 is 5.32 Å². The molecule has 27 heavy (non-hydrogen) atoms. The second kappa shape index (κ2) is 7.00. The predicted molar refractivity (Wildman–Crippen MR) is 108 cm³/mol. The maximum Gasteiger partial charge on any atom is 0.341 e. The van der Waals surface area contributed by atoms with Crippen LogP contribution in [0.25, 0.3) is 10.4 Å². The minimum atomic E-state index is -0.387. The summed E-state index contributed by atoms with van der Waals surface area (Å²) in [4.78, 5) is 26.3. The Morgan fingerprint density at radius 3 is 2.59 bits per heavy atom. The van der Waals surface area contributed by atoms with E-state index >= 15 is 0 Å². The summed E-state index contributed by atoms with van der Waals surface area (Å²) in [6, 6.07) is 15.5. The van der Waals surface area contributed by atoms with Crippen molar-refractivity contribution in [1.82, 2.24) is 0 Å². The lowest BCUT2D eigenvalue weighted by Gasteiger charge is -2.08. The van der Waals surface area contributed by atoms with Gasteiger partial charge in [0.15, 0.2) is 0 Å². The van der Waals surface area contributed by atoms with Crippen LogP contribution >= 0.6 is 11.3 Å². The van der Waals surface area contributed by atoms with Gasteiger partial charge in [-0.3, -0.25) is 4.79 Å². The first-order valence-corrected chi connectivity index (χ1v) is 9.69. The number of anilines is 1. The molecule has 1 aliphatic carbocycles. The first-order valence-electron chi connectivity index (χ1n) is 8.87. The Hall–Kier alpha value is -2.92. The minimum Gasteiger partial charge on any atom is -0.462 e. The van der Waals surface area contributed by atoms with Crippen LogP contribution in [0, 0.1) is 6.92 Å². The van der Waals surface area contributed by atoms with E-state index in [0.29, 0.717) is 29.2 Å². The second-order valence-electron chi connectivity index (χ2n) is 6.49. The molecule has 4 rings (SSSR count). The first-order chi connectivity index (χ1) is 13.1. The van der Waals surface area contributed by atoms with E-state index in [4.69, 9.17) is 4.74 Å². The molecule has 4 nitrogen and oxygen atoms in total. The average molecular weight is 377 g/mol. The van der Waals surface area contributed by atoms with E-state index in [-0.39, 0.29) is 11.9 Å². The average Bonchev–Trinajstić information content (AvgIpc) is 3.17. The summed E-state index contributed by atoms with van der Waals surface area (Å²) < 4.78 is 5.27. The van der Waals surface area contributed by atoms with Crippen molar-refractivity contribution in [2.45, 2.75) is 20.3 Å². The van der Waals surface area contributed by atoms with Gasteiger partial charge in [0.25, 0.3) is 5.91 Å². The number of nitrogens with one attached hydrogen (secondary N) is 1. The number of carbonyl (C=O) groups is 2. The van der Waals surface area contributed by atoms with E-state index in [2.05, 4.69) is 17.4 Å². The molecule has 5 heteroatoms. The number of hydrogen-bond acceptors (Lipinski definition) is 4. The highest BCUT2D eigenvalue weighted by atomic mass is 32.1. The third kappa shape index (κ3) is 3.15. The molecule has 0 fully saturated rings. The zero-order valence-corrected chi connectivity index (χ0v) is 16.0. The number of esters is 1. The van der Waals surface area contributed by atoms with Gasteiger partial charge in [0.2, 0.25) is 0 Å². The molecule has 0 saturated carbocycles. The summed E-state index contributed by atoms with van der Waals surface area (Å²) in [5, 5.41) is 3.48. The molecule has 0 bridgehead atoms. The largest absolute Gasteiger partial charge is 0.462 e. The molecule has 0 spiro atoms. The van der Waals surface area contributed by atoms with Crippen LogP contribution in [0.1, 0.15) is 44.3 Å². The topological polar surface area (TPSA) is 55.4 Å². The number of aryl methyl sites for hydroxylation is 1. The molecule has 1 N–H and O–H groups in total. The Bertz CT molecular complexity index is 1030. The number of ether oxygens (including phenoxy) is 1. The van der Waals surface area contributed by atoms with E-state index in [0.717, 1.165) is 21.6 Å². The van der Waals surface area contributed by atoms with Gasteiger partial charge in [-0.05, 0) is 42.7 Å². The third-order valence-electron chi connectivity index (χ3n) is 4.66. The summed E-state index contributed by atoms with van der Waals surface area (Å²) in [6.07, 6.45) is 0.677. The van der Waals surface area contributed by atoms with E-state index in [1.54, 1.807) is 19.1 Å². The number of thiophene rings is 1. The molecular weight excluding hydrogens is 358 g/mol. The van der Waals surface area contributed by atoms with E-state index in [9.17, 15) is 9.59 Å². The summed E-state index contributed by atoms with van der Waals surface area (Å²) in [5.74, 6) is -0.615. The van der Waals surface area contributed by atoms with Crippen molar-refractivity contribution in [1.29, 1.82) is 0 Å². The van der Waals surface area contributed by atoms with Crippen LogP contribution in [-0.4, -0.2) is 18.5 Å². The Labute approximate surface area is 161 Å². The van der Waals surface area contributed by atoms with Gasteiger partial charge in [-0.25, -0.2) is 4.79 Å². The lowest BCUT2D eigenvalue weighted by molar-refractivity contribution is 0.0527. The summed E-state index contributed by atoms with van der Waals surface area (Å²) in [5.41, 5.74) is 5.39. The highest BCUT2D eigenvalue weighted by molar-refractivity contribution is 7.20. The van der Waals surface area contributed by atoms with Crippen molar-refractivity contribution in [2.75, 3.05) is 11.9 Å². The molecule has 1 amide bonds. The molecule has 1 aromatic heterocycles. The Morgan fingerprint density at radius 2 is 1.85 bits per heavy atom. The number of fused-ring (bicyclic) bond motifs is 3. The Morgan fingerprint density at radius 1 is 1.11 bits per heavy atom. The van der Waals surface area contributed by atoms with E-state index in [1.165, 1.54) is 16.9 Å². The smallest absolute Gasteiger partial charge is 0.341 e. The van der Waals surface area contributed by atoms with Crippen LogP contribution in [0.5, 0.6) is 0 Å². The zero-order valence-electron chi connectivity index (χ0n) is 15.2. The van der Waals surface area contributed by atoms with Gasteiger partial charge in [-0.2, -0.15) is 0 Å². The quantitative estimate of drug-likeness (QED) is 0.506. The zero-order chi connectivity index (χ0) is 19.0. The predicted octanol–water partition coefficient (Wildman–Crippen LogP) is 5.06. The van der Waals surface area contributed by atoms with Gasteiger partial charge in [0, 0.05) is 16.9 Å². The van der Waals surface area contributed by atoms with E-state index < -0.39 is 0 Å². The number of benzene rings is 2. The maximum atomic E-state index is 12.7. The maximum absolute atomic E-state index is 12.7. The number of carbonyl (C=O) groups excluding carboxylic acids is 2. The van der Waals surface area contributed by atoms with Crippen LogP contribution in [0.2, 0.25) is 0 Å². The molecule has 0 unspecified atom stereocenters. The molecule has 2 aromatic carbocycles. The lowest BCUT2D eigenvalue weighted by atomic mass is 10.1. The minimum absolute atomic E-state index is 0.228. The molecular formula is C22H19NO3S. The number of amides is 1. The van der Waals surface area contributed by atoms with Crippen molar-refractivity contribution < 1.29 is 14.3 Å². The van der Waals surface area contributed by atoms with Crippen LogP contribution in [0.15, 0.2) is 48.5 Å². The Balaban J connectivity index is 1.73. The van der Waals surface area contributed by atoms with Crippen molar-refractivity contribution in [2.24, 2.45) is 0 Å². The van der Waals surface area contributed by atoms with Crippen molar-refractivity contribution >= 4 is 28.2 Å². The molecule has 0 aliphatic heterocycles. The summed E-state index contributed by atoms with van der Waals surface area (Å²) in [6.45, 7) is 4.05. The highest BCUT2D eigenvalue weighted by Gasteiger charge is 2.31. The standard InChI is InChI=1S/C22H19NO3S/c1-3-26-22(25)18-17-12-15-6-4-5-7-16(15)19(17)27-21(18)23-20(24)14-10-8-13(2)9-11-14/h4-11H,3,12H2,1-2H3,(H,23,24). The molecule has 0 saturated heterocycles. The molecule has 1 aliphatic rings. The van der Waals surface area contributed by atoms with Gasteiger partial charge >= 0.3 is 5.97 Å². The lowest BCUT2D eigenvalue weighted by Crippen LogP contribution is -2.15. The SMILES string of the molecule is CCOC(=O)c1c(NC(=O)c2ccc(C)cc2)sc2c1Cc1ccccc1-2. The fourth-order valence-corrected chi connectivity index (χ4v) is 4.59. The van der Waals surface area contributed by atoms with Gasteiger partial charge in [-0.1, -0.05) is 42.0 Å². The van der Waals surface area contributed by atoms with Crippen LogP contribution in [-0.2, 0) is 11.2 Å². The Kier molecular flexibility index (Phi) is 4.54. The van der Waals surface area contributed by atoms with Crippen molar-refractivity contribution in [3.63, 3.8) is 0 Å². The fourth-order valence-electron chi connectivity index (χ4n) is 3.33. The molecule has 1 heterocycles. The monoisotopic (exact) mass is 377 g/mol. The van der Waals surface area contributed by atoms with Gasteiger partial charge in [0.05, 0.1) is 12.2 Å². The molecule has 3 aromatic rings. The molecule has 0 radical (unpaired) electrons. The van der Waals surface area contributed by atoms with Crippen LogP contribution in [0.4, 0.5) is 5.00 Å². The van der Waals surface area contributed by atoms with E-state index in [1.807, 2.05) is 31.2 Å². The molecule has 0 atom stereocenters. The van der Waals surface area contributed by atoms with Gasteiger partial charge < -0.3 is 10.1 Å². The van der Waals surface area contributed by atoms with Crippen LogP contribution in [0.3, 0.4) is 0 Å². The number of hydrogen-bond donors (Lipinski definition) is 1. The van der Waals surface area contributed by atoms with Crippen molar-refractivity contribution in [3.8, 4) is 10.4 Å². The fraction of sp³-hybridized carbons (Fsp3) is 0.182. The first kappa shape index (κ1) is 17.5. The van der Waals surface area contributed by atoms with Gasteiger partial charge in [-0.15, -0.1) is 11.3 Å². The van der Waals surface area contributed by atoms with Crippen molar-refractivity contribution in [3.05, 3.63) is 76.3 Å². The van der Waals surface area contributed by atoms with Gasteiger partial charge in [0.1, 0.15) is 5.00 Å². The molecule has 136 valence electrons.